The van der Waals surface area contributed by atoms with Crippen LogP contribution in [0.5, 0.6) is 0 Å². The molecule has 1 aliphatic heterocycles. The van der Waals surface area contributed by atoms with Gasteiger partial charge in [-0.25, -0.2) is 4.98 Å². The van der Waals surface area contributed by atoms with Crippen molar-refractivity contribution in [3.63, 3.8) is 0 Å². The number of halogens is 2. The number of aromatic amines is 1. The Morgan fingerprint density at radius 2 is 2.24 bits per heavy atom. The Morgan fingerprint density at radius 3 is 2.95 bits per heavy atom. The Morgan fingerprint density at radius 1 is 1.38 bits per heavy atom. The number of hydrogen-bond donors (Lipinski definition) is 1. The third kappa shape index (κ3) is 3.40. The highest BCUT2D eigenvalue weighted by molar-refractivity contribution is 6.42. The molecule has 1 unspecified atom stereocenters. The lowest BCUT2D eigenvalue weighted by molar-refractivity contribution is -0.0333. The molecule has 0 aliphatic carbocycles. The number of H-pyrrole nitrogens is 1. The lowest BCUT2D eigenvalue weighted by Gasteiger charge is -2.33. The molecule has 4 nitrogen and oxygen atoms in total. The van der Waals surface area contributed by atoms with Crippen LogP contribution in [0.2, 0.25) is 10.0 Å². The summed E-state index contributed by atoms with van der Waals surface area (Å²) in [4.78, 5) is 9.82. The van der Waals surface area contributed by atoms with Gasteiger partial charge in [-0.05, 0) is 24.6 Å². The quantitative estimate of drug-likeness (QED) is 0.937. The van der Waals surface area contributed by atoms with Crippen LogP contribution in [-0.4, -0.2) is 34.6 Å². The number of morpholine rings is 1. The van der Waals surface area contributed by atoms with Gasteiger partial charge in [-0.3, -0.25) is 4.90 Å². The zero-order chi connectivity index (χ0) is 14.8. The van der Waals surface area contributed by atoms with Gasteiger partial charge in [-0.2, -0.15) is 0 Å². The van der Waals surface area contributed by atoms with Gasteiger partial charge in [-0.15, -0.1) is 0 Å². The highest BCUT2D eigenvalue weighted by Gasteiger charge is 2.23. The Balaban J connectivity index is 1.70. The maximum atomic E-state index is 6.09. The average Bonchev–Trinajstić information content (AvgIpc) is 2.88. The molecule has 1 N–H and O–H groups in total. The van der Waals surface area contributed by atoms with E-state index in [-0.39, 0.29) is 6.10 Å². The zero-order valence-corrected chi connectivity index (χ0v) is 13.3. The second-order valence-electron chi connectivity index (χ2n) is 5.24. The van der Waals surface area contributed by atoms with E-state index in [9.17, 15) is 0 Å². The van der Waals surface area contributed by atoms with Gasteiger partial charge in [0.05, 0.1) is 34.8 Å². The Labute approximate surface area is 134 Å². The number of ether oxygens (including phenoxy) is 1. The number of imidazole rings is 1. The SMILES string of the molecule is Cc1[nH]cnc1CN1CCOC(c2ccc(Cl)c(Cl)c2)C1. The predicted octanol–water partition coefficient (Wildman–Crippen LogP) is 3.60. The fourth-order valence-corrected chi connectivity index (χ4v) is 2.83. The van der Waals surface area contributed by atoms with Gasteiger partial charge < -0.3 is 9.72 Å². The van der Waals surface area contributed by atoms with Crippen molar-refractivity contribution in [3.8, 4) is 0 Å². The first-order valence-corrected chi connectivity index (χ1v) is 7.67. The highest BCUT2D eigenvalue weighted by Crippen LogP contribution is 2.29. The number of nitrogens with zero attached hydrogens (tertiary/aromatic N) is 2. The van der Waals surface area contributed by atoms with E-state index in [0.717, 1.165) is 36.6 Å². The van der Waals surface area contributed by atoms with E-state index < -0.39 is 0 Å². The Bertz CT molecular complexity index is 629. The second kappa shape index (κ2) is 6.36. The van der Waals surface area contributed by atoms with Crippen LogP contribution in [0.3, 0.4) is 0 Å². The van der Waals surface area contributed by atoms with E-state index in [1.54, 1.807) is 6.33 Å². The van der Waals surface area contributed by atoms with Crippen LogP contribution < -0.4 is 0 Å². The molecule has 1 fully saturated rings. The van der Waals surface area contributed by atoms with Crippen molar-refractivity contribution in [2.45, 2.75) is 19.6 Å². The number of aromatic nitrogens is 2. The van der Waals surface area contributed by atoms with Crippen molar-refractivity contribution in [3.05, 3.63) is 51.5 Å². The predicted molar refractivity (Wildman–Crippen MR) is 83.8 cm³/mol. The molecule has 1 atom stereocenters. The summed E-state index contributed by atoms with van der Waals surface area (Å²) in [5.41, 5.74) is 3.27. The zero-order valence-electron chi connectivity index (χ0n) is 11.8. The van der Waals surface area contributed by atoms with Crippen LogP contribution >= 0.6 is 23.2 Å². The first kappa shape index (κ1) is 14.9. The first-order chi connectivity index (χ1) is 10.1. The van der Waals surface area contributed by atoms with Crippen molar-refractivity contribution in [2.24, 2.45) is 0 Å². The maximum Gasteiger partial charge on any atom is 0.0953 e. The van der Waals surface area contributed by atoms with Gasteiger partial charge in [0.15, 0.2) is 0 Å². The summed E-state index contributed by atoms with van der Waals surface area (Å²) in [5.74, 6) is 0. The van der Waals surface area contributed by atoms with Gasteiger partial charge >= 0.3 is 0 Å². The van der Waals surface area contributed by atoms with Crippen LogP contribution in [0.15, 0.2) is 24.5 Å². The van der Waals surface area contributed by atoms with Crippen LogP contribution in [0.1, 0.15) is 23.1 Å². The fraction of sp³-hybridized carbons (Fsp3) is 0.400. The summed E-state index contributed by atoms with van der Waals surface area (Å²) in [5, 5.41) is 1.14. The summed E-state index contributed by atoms with van der Waals surface area (Å²) < 4.78 is 5.87. The molecule has 0 amide bonds. The maximum absolute atomic E-state index is 6.09. The van der Waals surface area contributed by atoms with Crippen molar-refractivity contribution >= 4 is 23.2 Å². The molecule has 1 aromatic heterocycles. The van der Waals surface area contributed by atoms with E-state index >= 15 is 0 Å². The van der Waals surface area contributed by atoms with Gasteiger partial charge in [0.1, 0.15) is 0 Å². The third-order valence-corrected chi connectivity index (χ3v) is 4.51. The van der Waals surface area contributed by atoms with Gasteiger partial charge in [-0.1, -0.05) is 29.3 Å². The topological polar surface area (TPSA) is 41.2 Å². The molecular weight excluding hydrogens is 309 g/mol. The normalized spacial score (nSPS) is 19.9. The summed E-state index contributed by atoms with van der Waals surface area (Å²) >= 11 is 12.1. The summed E-state index contributed by atoms with van der Waals surface area (Å²) in [7, 11) is 0. The lowest BCUT2D eigenvalue weighted by Crippen LogP contribution is -2.38. The summed E-state index contributed by atoms with van der Waals surface area (Å²) in [6.07, 6.45) is 1.76. The van der Waals surface area contributed by atoms with Crippen molar-refractivity contribution < 1.29 is 4.74 Å². The van der Waals surface area contributed by atoms with Crippen LogP contribution in [0.4, 0.5) is 0 Å². The number of nitrogens with one attached hydrogen (secondary N) is 1. The lowest BCUT2D eigenvalue weighted by atomic mass is 10.1. The van der Waals surface area contributed by atoms with Crippen LogP contribution in [-0.2, 0) is 11.3 Å². The van der Waals surface area contributed by atoms with E-state index in [4.69, 9.17) is 27.9 Å². The second-order valence-corrected chi connectivity index (χ2v) is 6.06. The average molecular weight is 326 g/mol. The molecule has 0 bridgehead atoms. The molecule has 0 radical (unpaired) electrons. The summed E-state index contributed by atoms with van der Waals surface area (Å²) in [6, 6.07) is 5.68. The number of benzene rings is 1. The van der Waals surface area contributed by atoms with Crippen molar-refractivity contribution in [2.75, 3.05) is 19.7 Å². The van der Waals surface area contributed by atoms with Crippen LogP contribution in [0.25, 0.3) is 0 Å². The van der Waals surface area contributed by atoms with Crippen LogP contribution in [0, 0.1) is 6.92 Å². The van der Waals surface area contributed by atoms with E-state index in [1.807, 2.05) is 25.1 Å². The minimum Gasteiger partial charge on any atom is -0.371 e. The molecule has 1 aromatic carbocycles. The number of aryl methyl sites for hydroxylation is 1. The molecule has 112 valence electrons. The summed E-state index contributed by atoms with van der Waals surface area (Å²) in [6.45, 7) is 5.30. The number of hydrogen-bond acceptors (Lipinski definition) is 3. The fourth-order valence-electron chi connectivity index (χ4n) is 2.52. The van der Waals surface area contributed by atoms with E-state index in [0.29, 0.717) is 16.7 Å². The van der Waals surface area contributed by atoms with Crippen molar-refractivity contribution in [1.82, 2.24) is 14.9 Å². The minimum atomic E-state index is 0.0211. The first-order valence-electron chi connectivity index (χ1n) is 6.91. The Hall–Kier alpha value is -1.07. The molecule has 0 spiro atoms. The van der Waals surface area contributed by atoms with Crippen molar-refractivity contribution in [1.29, 1.82) is 0 Å². The number of rotatable bonds is 3. The standard InChI is InChI=1S/C15H17Cl2N3O/c1-10-14(19-9-18-10)7-20-4-5-21-15(8-20)11-2-3-12(16)13(17)6-11/h2-3,6,9,15H,4-5,7-8H2,1H3,(H,18,19). The molecule has 0 saturated carbocycles. The van der Waals surface area contributed by atoms with E-state index in [1.165, 1.54) is 0 Å². The van der Waals surface area contributed by atoms with Gasteiger partial charge in [0.25, 0.3) is 0 Å². The minimum absolute atomic E-state index is 0.0211. The molecule has 1 saturated heterocycles. The molecule has 1 aliphatic rings. The molecule has 2 heterocycles. The van der Waals surface area contributed by atoms with E-state index in [2.05, 4.69) is 14.9 Å². The monoisotopic (exact) mass is 325 g/mol. The smallest absolute Gasteiger partial charge is 0.0953 e. The highest BCUT2D eigenvalue weighted by atomic mass is 35.5. The molecular formula is C15H17Cl2N3O. The van der Waals surface area contributed by atoms with Gasteiger partial charge in [0, 0.05) is 25.3 Å². The molecule has 3 rings (SSSR count). The third-order valence-electron chi connectivity index (χ3n) is 3.77. The molecule has 6 heteroatoms. The largest absolute Gasteiger partial charge is 0.371 e. The molecule has 2 aromatic rings. The Kier molecular flexibility index (Phi) is 4.50. The van der Waals surface area contributed by atoms with Gasteiger partial charge in [0.2, 0.25) is 0 Å². The molecule has 21 heavy (non-hydrogen) atoms.